The number of nitrogen functional groups attached to an aromatic ring is 1. The van der Waals surface area contributed by atoms with Gasteiger partial charge in [0.25, 0.3) is 0 Å². The molecule has 0 fully saturated rings. The molecule has 1 aromatic heterocycles. The lowest BCUT2D eigenvalue weighted by atomic mass is 10.1. The Morgan fingerprint density at radius 1 is 1.29 bits per heavy atom. The molecule has 0 amide bonds. The van der Waals surface area contributed by atoms with Crippen molar-refractivity contribution in [3.63, 3.8) is 0 Å². The summed E-state index contributed by atoms with van der Waals surface area (Å²) in [5, 5.41) is 8.81. The van der Waals surface area contributed by atoms with Crippen LogP contribution in [0.25, 0.3) is 10.4 Å². The molecule has 0 aliphatic rings. The average molecular weight is 255 g/mol. The first-order valence-corrected chi connectivity index (χ1v) is 5.38. The minimum atomic E-state index is -1.18. The quantitative estimate of drug-likeness (QED) is 0.867. The van der Waals surface area contributed by atoms with Crippen molar-refractivity contribution < 1.29 is 18.7 Å². The van der Waals surface area contributed by atoms with Crippen LogP contribution in [-0.4, -0.2) is 11.1 Å². The summed E-state index contributed by atoms with van der Waals surface area (Å²) in [7, 11) is 0. The molecule has 0 atom stereocenters. The van der Waals surface area contributed by atoms with Gasteiger partial charge in [0.1, 0.15) is 16.5 Å². The van der Waals surface area contributed by atoms with Crippen molar-refractivity contribution in [2.24, 2.45) is 0 Å². The Hall–Kier alpha value is -1.95. The second kappa shape index (κ2) is 4.14. The normalized spacial score (nSPS) is 10.5. The lowest BCUT2D eigenvalue weighted by Gasteiger charge is -1.99. The first-order chi connectivity index (χ1) is 7.99. The van der Waals surface area contributed by atoms with Gasteiger partial charge in [-0.25, -0.2) is 13.6 Å². The highest BCUT2D eigenvalue weighted by Crippen LogP contribution is 2.34. The van der Waals surface area contributed by atoms with Crippen LogP contribution in [-0.2, 0) is 0 Å². The summed E-state index contributed by atoms with van der Waals surface area (Å²) in [4.78, 5) is 11.0. The molecule has 2 aromatic rings. The highest BCUT2D eigenvalue weighted by Gasteiger charge is 2.16. The molecular formula is C11H7F2NO2S. The minimum absolute atomic E-state index is 0.00852. The fourth-order valence-corrected chi connectivity index (χ4v) is 2.33. The van der Waals surface area contributed by atoms with Gasteiger partial charge in [0, 0.05) is 10.4 Å². The molecule has 1 aromatic carbocycles. The molecule has 1 heterocycles. The van der Waals surface area contributed by atoms with E-state index in [2.05, 4.69) is 0 Å². The van der Waals surface area contributed by atoms with Gasteiger partial charge < -0.3 is 10.8 Å². The van der Waals surface area contributed by atoms with E-state index in [-0.39, 0.29) is 21.0 Å². The fourth-order valence-electron chi connectivity index (χ4n) is 1.39. The third-order valence-corrected chi connectivity index (χ3v) is 3.32. The number of nitrogens with two attached hydrogens (primary N) is 1. The number of carbonyl (C=O) groups is 1. The van der Waals surface area contributed by atoms with Gasteiger partial charge in [0.15, 0.2) is 0 Å². The second-order valence-corrected chi connectivity index (χ2v) is 4.38. The van der Waals surface area contributed by atoms with E-state index in [4.69, 9.17) is 10.8 Å². The van der Waals surface area contributed by atoms with E-state index in [1.807, 2.05) is 0 Å². The molecule has 3 nitrogen and oxygen atoms in total. The Kier molecular flexibility index (Phi) is 2.81. The van der Waals surface area contributed by atoms with E-state index in [1.54, 1.807) is 0 Å². The van der Waals surface area contributed by atoms with Crippen LogP contribution in [0.1, 0.15) is 9.67 Å². The summed E-state index contributed by atoms with van der Waals surface area (Å²) < 4.78 is 26.4. The predicted molar refractivity (Wildman–Crippen MR) is 61.0 cm³/mol. The van der Waals surface area contributed by atoms with Gasteiger partial charge in [0.05, 0.1) is 5.69 Å². The van der Waals surface area contributed by atoms with Crippen LogP contribution < -0.4 is 5.73 Å². The molecule has 0 bridgehead atoms. The van der Waals surface area contributed by atoms with Crippen LogP contribution in [0.5, 0.6) is 0 Å². The summed E-state index contributed by atoms with van der Waals surface area (Å²) in [5.74, 6) is -2.40. The maximum absolute atomic E-state index is 13.4. The molecule has 0 saturated carbocycles. The van der Waals surface area contributed by atoms with E-state index in [1.165, 1.54) is 6.07 Å². The molecule has 6 heteroatoms. The summed E-state index contributed by atoms with van der Waals surface area (Å²) >= 11 is 0.812. The molecule has 17 heavy (non-hydrogen) atoms. The summed E-state index contributed by atoms with van der Waals surface area (Å²) in [5.41, 5.74) is 5.53. The van der Waals surface area contributed by atoms with Crippen molar-refractivity contribution in [1.29, 1.82) is 0 Å². The highest BCUT2D eigenvalue weighted by atomic mass is 32.1. The maximum Gasteiger partial charge on any atom is 0.348 e. The smallest absolute Gasteiger partial charge is 0.348 e. The Balaban J connectivity index is 2.57. The third kappa shape index (κ3) is 2.12. The van der Waals surface area contributed by atoms with Gasteiger partial charge in [-0.3, -0.25) is 0 Å². The summed E-state index contributed by atoms with van der Waals surface area (Å²) in [6.45, 7) is 0. The molecule has 0 saturated heterocycles. The Labute approximate surface area is 99.1 Å². The molecule has 0 aliphatic carbocycles. The number of benzene rings is 1. The summed E-state index contributed by atoms with van der Waals surface area (Å²) in [6, 6.07) is 4.31. The second-order valence-electron chi connectivity index (χ2n) is 3.32. The van der Waals surface area contributed by atoms with Gasteiger partial charge in [-0.15, -0.1) is 11.3 Å². The maximum atomic E-state index is 13.4. The number of rotatable bonds is 2. The first kappa shape index (κ1) is 11.5. The van der Waals surface area contributed by atoms with E-state index in [0.717, 1.165) is 29.5 Å². The Morgan fingerprint density at radius 3 is 2.59 bits per heavy atom. The molecule has 0 aliphatic heterocycles. The first-order valence-electron chi connectivity index (χ1n) is 4.57. The third-order valence-electron chi connectivity index (χ3n) is 2.15. The average Bonchev–Trinajstić information content (AvgIpc) is 2.64. The number of halogens is 2. The number of anilines is 1. The zero-order valence-corrected chi connectivity index (χ0v) is 9.22. The van der Waals surface area contributed by atoms with Gasteiger partial charge in [-0.1, -0.05) is 0 Å². The molecule has 0 spiro atoms. The lowest BCUT2D eigenvalue weighted by Crippen LogP contribution is -1.96. The van der Waals surface area contributed by atoms with Gasteiger partial charge in [0.2, 0.25) is 0 Å². The number of carboxylic acid groups (broad SMARTS) is 1. The van der Waals surface area contributed by atoms with Crippen molar-refractivity contribution in [2.45, 2.75) is 0 Å². The number of hydrogen-bond donors (Lipinski definition) is 2. The van der Waals surface area contributed by atoms with E-state index < -0.39 is 17.6 Å². The zero-order chi connectivity index (χ0) is 12.6. The van der Waals surface area contributed by atoms with E-state index in [9.17, 15) is 13.6 Å². The molecular weight excluding hydrogens is 248 g/mol. The van der Waals surface area contributed by atoms with Crippen molar-refractivity contribution in [3.8, 4) is 10.4 Å². The van der Waals surface area contributed by atoms with Crippen LogP contribution in [0.2, 0.25) is 0 Å². The molecule has 3 N–H and O–H groups in total. The standard InChI is InChI=1S/C11H7F2NO2S/c12-5-1-2-7(13)6(3-5)9-4-8(14)10(17-9)11(15)16/h1-4H,14H2,(H,15,16). The van der Waals surface area contributed by atoms with Crippen LogP contribution in [0.3, 0.4) is 0 Å². The number of carboxylic acids is 1. The molecule has 88 valence electrons. The number of thiophene rings is 1. The minimum Gasteiger partial charge on any atom is -0.477 e. The van der Waals surface area contributed by atoms with E-state index >= 15 is 0 Å². The van der Waals surface area contributed by atoms with Crippen LogP contribution in [0.4, 0.5) is 14.5 Å². The number of hydrogen-bond acceptors (Lipinski definition) is 3. The molecule has 2 rings (SSSR count). The van der Waals surface area contributed by atoms with Crippen LogP contribution in [0, 0.1) is 11.6 Å². The molecule has 0 unspecified atom stereocenters. The zero-order valence-electron chi connectivity index (χ0n) is 8.41. The fraction of sp³-hybridized carbons (Fsp3) is 0. The van der Waals surface area contributed by atoms with Crippen molar-refractivity contribution in [1.82, 2.24) is 0 Å². The Bertz CT molecular complexity index is 595. The van der Waals surface area contributed by atoms with Gasteiger partial charge in [-0.2, -0.15) is 0 Å². The van der Waals surface area contributed by atoms with Crippen molar-refractivity contribution in [3.05, 3.63) is 40.8 Å². The van der Waals surface area contributed by atoms with Gasteiger partial charge >= 0.3 is 5.97 Å². The van der Waals surface area contributed by atoms with Crippen LogP contribution >= 0.6 is 11.3 Å². The topological polar surface area (TPSA) is 63.3 Å². The largest absolute Gasteiger partial charge is 0.477 e. The van der Waals surface area contributed by atoms with Gasteiger partial charge in [-0.05, 0) is 24.3 Å². The molecule has 0 radical (unpaired) electrons. The lowest BCUT2D eigenvalue weighted by molar-refractivity contribution is 0.0703. The summed E-state index contributed by atoms with van der Waals surface area (Å²) in [6.07, 6.45) is 0. The monoisotopic (exact) mass is 255 g/mol. The number of aromatic carboxylic acids is 1. The predicted octanol–water partition coefficient (Wildman–Crippen LogP) is 2.97. The SMILES string of the molecule is Nc1cc(-c2cc(F)ccc2F)sc1C(=O)O. The Morgan fingerprint density at radius 2 is 2.00 bits per heavy atom. The van der Waals surface area contributed by atoms with Crippen molar-refractivity contribution >= 4 is 23.0 Å². The van der Waals surface area contributed by atoms with Crippen molar-refractivity contribution in [2.75, 3.05) is 5.73 Å². The highest BCUT2D eigenvalue weighted by molar-refractivity contribution is 7.17. The van der Waals surface area contributed by atoms with Crippen LogP contribution in [0.15, 0.2) is 24.3 Å². The van der Waals surface area contributed by atoms with E-state index in [0.29, 0.717) is 0 Å².